The molecule has 0 spiro atoms. The van der Waals surface area contributed by atoms with Crippen LogP contribution in [-0.2, 0) is 4.79 Å². The summed E-state index contributed by atoms with van der Waals surface area (Å²) < 4.78 is 6.23. The van der Waals surface area contributed by atoms with Crippen molar-refractivity contribution in [3.05, 3.63) is 45.9 Å². The van der Waals surface area contributed by atoms with Crippen LogP contribution in [0.5, 0.6) is 5.75 Å². The van der Waals surface area contributed by atoms with Crippen molar-refractivity contribution in [1.82, 2.24) is 15.6 Å². The fraction of sp³-hybridized carbons (Fsp3) is 0.474. The van der Waals surface area contributed by atoms with Gasteiger partial charge in [-0.2, -0.15) is 0 Å². The number of carbonyl (C=O) groups is 1. The number of carbonyl (C=O) groups excluding carboxylic acids is 1. The van der Waals surface area contributed by atoms with E-state index in [0.29, 0.717) is 12.8 Å². The highest BCUT2D eigenvalue weighted by molar-refractivity contribution is 7.09. The van der Waals surface area contributed by atoms with Crippen LogP contribution < -0.4 is 15.4 Å². The lowest BCUT2D eigenvalue weighted by Crippen LogP contribution is -2.57. The van der Waals surface area contributed by atoms with Crippen molar-refractivity contribution in [3.63, 3.8) is 0 Å². The maximum atomic E-state index is 13.1. The number of hydrogen-bond acceptors (Lipinski definition) is 5. The number of thiazole rings is 1. The predicted molar refractivity (Wildman–Crippen MR) is 100 cm³/mol. The van der Waals surface area contributed by atoms with Crippen molar-refractivity contribution < 1.29 is 9.53 Å². The average Bonchev–Trinajstić information content (AvgIpc) is 3.04. The lowest BCUT2D eigenvalue weighted by Gasteiger charge is -2.37. The molecule has 2 N–H and O–H groups in total. The summed E-state index contributed by atoms with van der Waals surface area (Å²) in [6.45, 7) is 7.51. The van der Waals surface area contributed by atoms with E-state index < -0.39 is 5.60 Å². The van der Waals surface area contributed by atoms with Crippen LogP contribution in [-0.4, -0.2) is 29.6 Å². The number of nitrogens with zero attached hydrogens (tertiary/aromatic N) is 1. The molecule has 1 amide bonds. The van der Waals surface area contributed by atoms with Gasteiger partial charge in [0, 0.05) is 18.2 Å². The Morgan fingerprint density at radius 2 is 1.96 bits per heavy atom. The average molecular weight is 359 g/mol. The molecule has 2 heterocycles. The van der Waals surface area contributed by atoms with Crippen molar-refractivity contribution in [2.24, 2.45) is 0 Å². The fourth-order valence-corrected chi connectivity index (χ4v) is 3.73. The van der Waals surface area contributed by atoms with Gasteiger partial charge in [0.15, 0.2) is 5.60 Å². The standard InChI is InChI=1S/C19H25N3O2S/c1-13-4-6-16(7-5-13)24-19(8-10-20-11-9-19)18(23)21-14(2)17-12-25-15(3)22-17/h4-7,12,14,20H,8-11H2,1-3H3,(H,21,23). The van der Waals surface area contributed by atoms with Crippen molar-refractivity contribution in [3.8, 4) is 5.75 Å². The van der Waals surface area contributed by atoms with Gasteiger partial charge in [-0.15, -0.1) is 11.3 Å². The minimum absolute atomic E-state index is 0.0623. The molecule has 25 heavy (non-hydrogen) atoms. The summed E-state index contributed by atoms with van der Waals surface area (Å²) in [5.74, 6) is 0.674. The van der Waals surface area contributed by atoms with Crippen LogP contribution in [0, 0.1) is 13.8 Å². The number of aryl methyl sites for hydroxylation is 2. The Morgan fingerprint density at radius 1 is 1.28 bits per heavy atom. The molecule has 1 saturated heterocycles. The van der Waals surface area contributed by atoms with Gasteiger partial charge in [-0.25, -0.2) is 4.98 Å². The van der Waals surface area contributed by atoms with Crippen LogP contribution in [0.4, 0.5) is 0 Å². The summed E-state index contributed by atoms with van der Waals surface area (Å²) in [6, 6.07) is 7.73. The van der Waals surface area contributed by atoms with E-state index in [2.05, 4.69) is 15.6 Å². The molecule has 1 unspecified atom stereocenters. The van der Waals surface area contributed by atoms with Gasteiger partial charge in [-0.05, 0) is 46.0 Å². The van der Waals surface area contributed by atoms with Gasteiger partial charge in [0.1, 0.15) is 5.75 Å². The first-order valence-corrected chi connectivity index (χ1v) is 9.56. The van der Waals surface area contributed by atoms with E-state index in [1.165, 1.54) is 5.56 Å². The third-order valence-corrected chi connectivity index (χ3v) is 5.38. The third-order valence-electron chi connectivity index (χ3n) is 4.59. The summed E-state index contributed by atoms with van der Waals surface area (Å²) in [6.07, 6.45) is 1.30. The van der Waals surface area contributed by atoms with Gasteiger partial charge in [-0.1, -0.05) is 17.7 Å². The highest BCUT2D eigenvalue weighted by Crippen LogP contribution is 2.28. The second kappa shape index (κ2) is 7.54. The predicted octanol–water partition coefficient (Wildman–Crippen LogP) is 3.14. The minimum atomic E-state index is -0.833. The monoisotopic (exact) mass is 359 g/mol. The molecule has 3 rings (SSSR count). The summed E-state index contributed by atoms with van der Waals surface area (Å²) >= 11 is 1.59. The number of amides is 1. The largest absolute Gasteiger partial charge is 0.477 e. The Bertz CT molecular complexity index is 721. The van der Waals surface area contributed by atoms with E-state index in [1.807, 2.05) is 50.4 Å². The molecule has 1 fully saturated rings. The number of aromatic nitrogens is 1. The molecule has 2 aromatic rings. The molecule has 1 aromatic heterocycles. The van der Waals surface area contributed by atoms with Crippen LogP contribution in [0.15, 0.2) is 29.6 Å². The summed E-state index contributed by atoms with van der Waals surface area (Å²) in [4.78, 5) is 17.6. The second-order valence-corrected chi connectivity index (χ2v) is 7.71. The van der Waals surface area contributed by atoms with Crippen LogP contribution in [0.1, 0.15) is 42.1 Å². The lowest BCUT2D eigenvalue weighted by atomic mass is 9.90. The summed E-state index contributed by atoms with van der Waals surface area (Å²) in [5, 5.41) is 9.41. The van der Waals surface area contributed by atoms with Gasteiger partial charge in [0.25, 0.3) is 5.91 Å². The van der Waals surface area contributed by atoms with E-state index >= 15 is 0 Å². The molecule has 6 heteroatoms. The Morgan fingerprint density at radius 3 is 2.56 bits per heavy atom. The second-order valence-electron chi connectivity index (χ2n) is 6.65. The molecule has 1 atom stereocenters. The fourth-order valence-electron chi connectivity index (χ4n) is 3.02. The van der Waals surface area contributed by atoms with Gasteiger partial charge in [0.05, 0.1) is 16.7 Å². The zero-order chi connectivity index (χ0) is 17.9. The number of benzene rings is 1. The van der Waals surface area contributed by atoms with Crippen LogP contribution in [0.25, 0.3) is 0 Å². The molecule has 134 valence electrons. The molecule has 0 bridgehead atoms. The van der Waals surface area contributed by atoms with E-state index in [0.717, 1.165) is 29.5 Å². The zero-order valence-electron chi connectivity index (χ0n) is 15.0. The van der Waals surface area contributed by atoms with E-state index in [-0.39, 0.29) is 11.9 Å². The first-order valence-electron chi connectivity index (χ1n) is 8.68. The SMILES string of the molecule is Cc1ccc(OC2(C(=O)NC(C)c3csc(C)n3)CCNCC2)cc1. The topological polar surface area (TPSA) is 63.2 Å². The molecular formula is C19H25N3O2S. The Kier molecular flexibility index (Phi) is 5.39. The molecule has 0 radical (unpaired) electrons. The van der Waals surface area contributed by atoms with E-state index in [4.69, 9.17) is 4.74 Å². The molecule has 1 aliphatic heterocycles. The number of rotatable bonds is 5. The minimum Gasteiger partial charge on any atom is -0.477 e. The number of ether oxygens (including phenoxy) is 1. The molecule has 1 aliphatic rings. The first kappa shape index (κ1) is 17.9. The van der Waals surface area contributed by atoms with Crippen molar-refractivity contribution in [2.45, 2.75) is 45.3 Å². The smallest absolute Gasteiger partial charge is 0.264 e. The van der Waals surface area contributed by atoms with Gasteiger partial charge >= 0.3 is 0 Å². The van der Waals surface area contributed by atoms with E-state index in [1.54, 1.807) is 11.3 Å². The normalized spacial score (nSPS) is 17.7. The van der Waals surface area contributed by atoms with Gasteiger partial charge in [0.2, 0.25) is 0 Å². The molecule has 0 aliphatic carbocycles. The maximum Gasteiger partial charge on any atom is 0.264 e. The Balaban J connectivity index is 1.76. The van der Waals surface area contributed by atoms with Gasteiger partial charge < -0.3 is 15.4 Å². The third kappa shape index (κ3) is 4.19. The Hall–Kier alpha value is -1.92. The highest BCUT2D eigenvalue weighted by atomic mass is 32.1. The molecule has 0 saturated carbocycles. The number of hydrogen-bond donors (Lipinski definition) is 2. The Labute approximate surface area is 152 Å². The first-order chi connectivity index (χ1) is 12.0. The number of piperidine rings is 1. The van der Waals surface area contributed by atoms with Gasteiger partial charge in [-0.3, -0.25) is 4.79 Å². The van der Waals surface area contributed by atoms with E-state index in [9.17, 15) is 4.79 Å². The van der Waals surface area contributed by atoms with Crippen molar-refractivity contribution in [1.29, 1.82) is 0 Å². The van der Waals surface area contributed by atoms with Crippen molar-refractivity contribution in [2.75, 3.05) is 13.1 Å². The number of nitrogens with one attached hydrogen (secondary N) is 2. The zero-order valence-corrected chi connectivity index (χ0v) is 15.8. The molecule has 5 nitrogen and oxygen atoms in total. The molecular weight excluding hydrogens is 334 g/mol. The highest BCUT2D eigenvalue weighted by Gasteiger charge is 2.42. The quantitative estimate of drug-likeness (QED) is 0.861. The summed E-state index contributed by atoms with van der Waals surface area (Å²) in [7, 11) is 0. The lowest BCUT2D eigenvalue weighted by molar-refractivity contribution is -0.140. The summed E-state index contributed by atoms with van der Waals surface area (Å²) in [5.41, 5.74) is 1.23. The van der Waals surface area contributed by atoms with Crippen LogP contribution >= 0.6 is 11.3 Å². The molecule has 1 aromatic carbocycles. The van der Waals surface area contributed by atoms with Crippen LogP contribution in [0.3, 0.4) is 0 Å². The van der Waals surface area contributed by atoms with Crippen molar-refractivity contribution >= 4 is 17.2 Å². The maximum absolute atomic E-state index is 13.1. The van der Waals surface area contributed by atoms with Crippen LogP contribution in [0.2, 0.25) is 0 Å².